The number of halogens is 3. The van der Waals surface area contributed by atoms with E-state index in [-0.39, 0.29) is 18.7 Å². The summed E-state index contributed by atoms with van der Waals surface area (Å²) in [6, 6.07) is -0.859. The van der Waals surface area contributed by atoms with Crippen molar-refractivity contribution in [1.82, 2.24) is 10.6 Å². The zero-order valence-electron chi connectivity index (χ0n) is 10.7. The topological polar surface area (TPSA) is 75.3 Å². The Hall–Kier alpha value is -0.830. The molecule has 0 aliphatic carbocycles. The first kappa shape index (κ1) is 16.2. The number of nitrogens with one attached hydrogen (secondary N) is 2. The van der Waals surface area contributed by atoms with Crippen LogP contribution in [0.3, 0.4) is 0 Å². The van der Waals surface area contributed by atoms with Crippen LogP contribution in [0.1, 0.15) is 13.3 Å². The summed E-state index contributed by atoms with van der Waals surface area (Å²) in [6.07, 6.45) is -4.04. The number of sulfone groups is 1. The van der Waals surface area contributed by atoms with Crippen LogP contribution in [0.5, 0.6) is 0 Å². The van der Waals surface area contributed by atoms with Crippen LogP contribution in [0.15, 0.2) is 0 Å². The Morgan fingerprint density at radius 1 is 1.47 bits per heavy atom. The predicted octanol–water partition coefficient (Wildman–Crippen LogP) is 0.0777. The SMILES string of the molecule is CC(CS(C)(=O)=O)NC(=O)C1(C(F)(F)F)CCNC1. The molecule has 9 heteroatoms. The van der Waals surface area contributed by atoms with Crippen molar-refractivity contribution in [2.45, 2.75) is 25.6 Å². The third-order valence-corrected chi connectivity index (χ3v) is 4.17. The molecule has 0 aromatic rings. The molecule has 1 fully saturated rings. The molecular formula is C10H17F3N2O3S. The van der Waals surface area contributed by atoms with Crippen LogP contribution in [0.4, 0.5) is 13.2 Å². The van der Waals surface area contributed by atoms with Gasteiger partial charge in [0.25, 0.3) is 0 Å². The van der Waals surface area contributed by atoms with E-state index < -0.39 is 39.9 Å². The first-order valence-electron chi connectivity index (χ1n) is 5.74. The molecule has 2 N–H and O–H groups in total. The van der Waals surface area contributed by atoms with Crippen molar-refractivity contribution in [2.75, 3.05) is 25.1 Å². The van der Waals surface area contributed by atoms with E-state index >= 15 is 0 Å². The molecule has 1 aliphatic rings. The molecule has 0 saturated carbocycles. The number of rotatable bonds is 4. The molecule has 0 aromatic heterocycles. The predicted molar refractivity (Wildman–Crippen MR) is 63.3 cm³/mol. The highest BCUT2D eigenvalue weighted by molar-refractivity contribution is 7.90. The summed E-state index contributed by atoms with van der Waals surface area (Å²) in [6.45, 7) is 0.993. The summed E-state index contributed by atoms with van der Waals surface area (Å²) < 4.78 is 61.2. The normalized spacial score (nSPS) is 26.2. The molecule has 0 radical (unpaired) electrons. The smallest absolute Gasteiger partial charge is 0.352 e. The Kier molecular flexibility index (Phi) is 4.51. The average molecular weight is 302 g/mol. The maximum Gasteiger partial charge on any atom is 0.404 e. The van der Waals surface area contributed by atoms with Crippen molar-refractivity contribution in [2.24, 2.45) is 5.41 Å². The Balaban J connectivity index is 2.80. The lowest BCUT2D eigenvalue weighted by atomic mass is 9.85. The highest BCUT2D eigenvalue weighted by atomic mass is 32.2. The van der Waals surface area contributed by atoms with Gasteiger partial charge < -0.3 is 10.6 Å². The molecule has 1 rings (SSSR count). The first-order chi connectivity index (χ1) is 8.48. The van der Waals surface area contributed by atoms with E-state index in [0.717, 1.165) is 6.26 Å². The van der Waals surface area contributed by atoms with Crippen molar-refractivity contribution in [3.05, 3.63) is 0 Å². The molecule has 1 amide bonds. The molecule has 2 unspecified atom stereocenters. The minimum Gasteiger partial charge on any atom is -0.352 e. The molecule has 5 nitrogen and oxygen atoms in total. The van der Waals surface area contributed by atoms with Crippen LogP contribution in [0.25, 0.3) is 0 Å². The Labute approximate surface area is 109 Å². The summed E-state index contributed by atoms with van der Waals surface area (Å²) in [5, 5.41) is 4.67. The maximum atomic E-state index is 13.0. The number of alkyl halides is 3. The van der Waals surface area contributed by atoms with Gasteiger partial charge in [-0.05, 0) is 19.9 Å². The van der Waals surface area contributed by atoms with E-state index in [2.05, 4.69) is 10.6 Å². The van der Waals surface area contributed by atoms with Crippen LogP contribution in [0, 0.1) is 5.41 Å². The quantitative estimate of drug-likeness (QED) is 0.771. The first-order valence-corrected chi connectivity index (χ1v) is 7.80. The monoisotopic (exact) mass is 302 g/mol. The molecule has 1 heterocycles. The minimum atomic E-state index is -4.66. The van der Waals surface area contributed by atoms with Crippen LogP contribution in [-0.2, 0) is 14.6 Å². The fourth-order valence-electron chi connectivity index (χ4n) is 2.11. The lowest BCUT2D eigenvalue weighted by Gasteiger charge is -2.30. The van der Waals surface area contributed by atoms with Gasteiger partial charge in [0.1, 0.15) is 9.84 Å². The van der Waals surface area contributed by atoms with Crippen molar-refractivity contribution >= 4 is 15.7 Å². The van der Waals surface area contributed by atoms with Gasteiger partial charge >= 0.3 is 6.18 Å². The zero-order valence-corrected chi connectivity index (χ0v) is 11.5. The zero-order chi connectivity index (χ0) is 14.9. The molecule has 1 saturated heterocycles. The van der Waals surface area contributed by atoms with Gasteiger partial charge in [-0.2, -0.15) is 13.2 Å². The molecule has 19 heavy (non-hydrogen) atoms. The minimum absolute atomic E-state index is 0.105. The second-order valence-electron chi connectivity index (χ2n) is 4.97. The summed E-state index contributed by atoms with van der Waals surface area (Å²) in [4.78, 5) is 11.8. The van der Waals surface area contributed by atoms with E-state index in [1.165, 1.54) is 6.92 Å². The molecule has 1 aliphatic heterocycles. The van der Waals surface area contributed by atoms with Crippen molar-refractivity contribution in [3.63, 3.8) is 0 Å². The third kappa shape index (κ3) is 3.82. The van der Waals surface area contributed by atoms with E-state index in [0.29, 0.717) is 0 Å². The molecule has 0 spiro atoms. The maximum absolute atomic E-state index is 13.0. The Bertz CT molecular complexity index is 441. The van der Waals surface area contributed by atoms with E-state index in [1.807, 2.05) is 0 Å². The van der Waals surface area contributed by atoms with Crippen LogP contribution >= 0.6 is 0 Å². The molecule has 2 atom stereocenters. The number of hydrogen-bond donors (Lipinski definition) is 2. The Morgan fingerprint density at radius 2 is 2.05 bits per heavy atom. The van der Waals surface area contributed by atoms with Gasteiger partial charge in [-0.3, -0.25) is 4.79 Å². The van der Waals surface area contributed by atoms with Crippen molar-refractivity contribution in [3.8, 4) is 0 Å². The second kappa shape index (κ2) is 5.28. The third-order valence-electron chi connectivity index (χ3n) is 3.06. The molecule has 0 bridgehead atoms. The Morgan fingerprint density at radius 3 is 2.42 bits per heavy atom. The highest BCUT2D eigenvalue weighted by Gasteiger charge is 2.61. The molecule has 112 valence electrons. The van der Waals surface area contributed by atoms with Gasteiger partial charge in [0, 0.05) is 18.8 Å². The number of amides is 1. The van der Waals surface area contributed by atoms with E-state index in [1.54, 1.807) is 0 Å². The largest absolute Gasteiger partial charge is 0.404 e. The van der Waals surface area contributed by atoms with Gasteiger partial charge in [-0.15, -0.1) is 0 Å². The van der Waals surface area contributed by atoms with Crippen LogP contribution < -0.4 is 10.6 Å². The number of hydrogen-bond acceptors (Lipinski definition) is 4. The van der Waals surface area contributed by atoms with Gasteiger partial charge in [0.15, 0.2) is 5.41 Å². The van der Waals surface area contributed by atoms with Crippen molar-refractivity contribution in [1.29, 1.82) is 0 Å². The standard InChI is InChI=1S/C10H17F3N2O3S/c1-7(5-19(2,17)18)15-8(16)9(10(11,12)13)3-4-14-6-9/h7,14H,3-6H2,1-2H3,(H,15,16). The summed E-state index contributed by atoms with van der Waals surface area (Å²) in [5.41, 5.74) is -2.46. The van der Waals surface area contributed by atoms with Gasteiger partial charge in [0.2, 0.25) is 5.91 Å². The number of carbonyl (C=O) groups is 1. The van der Waals surface area contributed by atoms with Crippen LogP contribution in [0.2, 0.25) is 0 Å². The summed E-state index contributed by atoms with van der Waals surface area (Å²) >= 11 is 0. The summed E-state index contributed by atoms with van der Waals surface area (Å²) in [7, 11) is -3.36. The lowest BCUT2D eigenvalue weighted by molar-refractivity contribution is -0.216. The lowest BCUT2D eigenvalue weighted by Crippen LogP contribution is -2.54. The van der Waals surface area contributed by atoms with E-state index in [4.69, 9.17) is 0 Å². The van der Waals surface area contributed by atoms with E-state index in [9.17, 15) is 26.4 Å². The van der Waals surface area contributed by atoms with Crippen LogP contribution in [-0.4, -0.2) is 51.6 Å². The van der Waals surface area contributed by atoms with Crippen molar-refractivity contribution < 1.29 is 26.4 Å². The number of carbonyl (C=O) groups excluding carboxylic acids is 1. The molecular weight excluding hydrogens is 285 g/mol. The average Bonchev–Trinajstić information content (AvgIpc) is 2.61. The summed E-state index contributed by atoms with van der Waals surface area (Å²) in [5.74, 6) is -1.55. The second-order valence-corrected chi connectivity index (χ2v) is 7.16. The van der Waals surface area contributed by atoms with Gasteiger partial charge in [0.05, 0.1) is 5.75 Å². The molecule has 0 aromatic carbocycles. The highest BCUT2D eigenvalue weighted by Crippen LogP contribution is 2.43. The van der Waals surface area contributed by atoms with Gasteiger partial charge in [-0.25, -0.2) is 8.42 Å². The fourth-order valence-corrected chi connectivity index (χ4v) is 3.11. The fraction of sp³-hybridized carbons (Fsp3) is 0.900. The van der Waals surface area contributed by atoms with Gasteiger partial charge in [-0.1, -0.05) is 0 Å².